The van der Waals surface area contributed by atoms with E-state index >= 15 is 0 Å². The number of nitrogens with two attached hydrogens (primary N) is 1. The fourth-order valence-electron chi connectivity index (χ4n) is 1.99. The summed E-state index contributed by atoms with van der Waals surface area (Å²) in [7, 11) is 0. The molecule has 0 aliphatic heterocycles. The molecule has 0 aliphatic rings. The molecular weight excluding hydrogens is 318 g/mol. The quantitative estimate of drug-likeness (QED) is 0.734. The van der Waals surface area contributed by atoms with Gasteiger partial charge in [0.25, 0.3) is 0 Å². The number of tetrazole rings is 1. The van der Waals surface area contributed by atoms with Crippen LogP contribution in [0, 0.1) is 6.92 Å². The minimum atomic E-state index is 0.629. The molecule has 1 aromatic heterocycles. The van der Waals surface area contributed by atoms with Crippen LogP contribution in [0.15, 0.2) is 46.9 Å². The normalized spacial score (nSPS) is 10.7. The summed E-state index contributed by atoms with van der Waals surface area (Å²) in [6.45, 7) is 2.02. The summed E-state index contributed by atoms with van der Waals surface area (Å²) in [6.07, 6.45) is 0. The molecule has 0 unspecified atom stereocenters. The van der Waals surface area contributed by atoms with E-state index in [9.17, 15) is 0 Å². The number of aromatic nitrogens is 4. The summed E-state index contributed by atoms with van der Waals surface area (Å²) in [5.74, 6) is 0.629. The van der Waals surface area contributed by atoms with Crippen molar-refractivity contribution in [1.82, 2.24) is 20.2 Å². The topological polar surface area (TPSA) is 69.6 Å². The van der Waals surface area contributed by atoms with Crippen LogP contribution in [0.5, 0.6) is 0 Å². The van der Waals surface area contributed by atoms with Gasteiger partial charge in [-0.25, -0.2) is 0 Å². The zero-order chi connectivity index (χ0) is 14.1. The number of benzene rings is 2. The summed E-state index contributed by atoms with van der Waals surface area (Å²) < 4.78 is 2.74. The zero-order valence-electron chi connectivity index (χ0n) is 10.8. The van der Waals surface area contributed by atoms with Gasteiger partial charge in [0.05, 0.1) is 5.69 Å². The van der Waals surface area contributed by atoms with E-state index in [1.165, 1.54) is 0 Å². The fraction of sp³-hybridized carbons (Fsp3) is 0.0714. The maximum atomic E-state index is 6.00. The van der Waals surface area contributed by atoms with Crippen molar-refractivity contribution in [2.75, 3.05) is 5.73 Å². The largest absolute Gasteiger partial charge is 0.398 e. The van der Waals surface area contributed by atoms with Gasteiger partial charge in [-0.1, -0.05) is 28.1 Å². The number of halogens is 1. The van der Waals surface area contributed by atoms with Gasteiger partial charge < -0.3 is 5.73 Å². The summed E-state index contributed by atoms with van der Waals surface area (Å²) in [5, 5.41) is 11.9. The fourth-order valence-corrected chi connectivity index (χ4v) is 2.24. The van der Waals surface area contributed by atoms with Crippen LogP contribution in [0.25, 0.3) is 17.1 Å². The van der Waals surface area contributed by atoms with Crippen LogP contribution in [0.1, 0.15) is 5.56 Å². The third-order valence-corrected chi connectivity index (χ3v) is 3.95. The first-order valence-electron chi connectivity index (χ1n) is 6.06. The molecule has 3 aromatic rings. The van der Waals surface area contributed by atoms with Gasteiger partial charge in [-0.2, -0.15) is 4.68 Å². The van der Waals surface area contributed by atoms with Gasteiger partial charge in [-0.3, -0.25) is 0 Å². The van der Waals surface area contributed by atoms with Crippen molar-refractivity contribution in [3.05, 3.63) is 52.5 Å². The van der Waals surface area contributed by atoms with Crippen molar-refractivity contribution in [3.63, 3.8) is 0 Å². The van der Waals surface area contributed by atoms with Crippen molar-refractivity contribution in [2.45, 2.75) is 6.92 Å². The smallest absolute Gasteiger partial charge is 0.189 e. The predicted octanol–water partition coefficient (Wildman–Crippen LogP) is 2.98. The zero-order valence-corrected chi connectivity index (χ0v) is 12.4. The lowest BCUT2D eigenvalue weighted by Gasteiger charge is -2.08. The lowest BCUT2D eigenvalue weighted by atomic mass is 10.1. The van der Waals surface area contributed by atoms with Gasteiger partial charge in [-0.15, -0.1) is 5.10 Å². The second kappa shape index (κ2) is 5.05. The Balaban J connectivity index is 2.15. The van der Waals surface area contributed by atoms with E-state index in [4.69, 9.17) is 5.73 Å². The molecule has 2 aromatic carbocycles. The van der Waals surface area contributed by atoms with E-state index in [-0.39, 0.29) is 0 Å². The molecule has 0 fully saturated rings. The van der Waals surface area contributed by atoms with Crippen molar-refractivity contribution >= 4 is 21.6 Å². The van der Waals surface area contributed by atoms with Gasteiger partial charge in [-0.05, 0) is 53.2 Å². The Morgan fingerprint density at radius 3 is 2.70 bits per heavy atom. The second-order valence-corrected chi connectivity index (χ2v) is 5.29. The van der Waals surface area contributed by atoms with E-state index in [2.05, 4.69) is 31.5 Å². The Hall–Kier alpha value is -2.21. The van der Waals surface area contributed by atoms with Crippen LogP contribution in [0.3, 0.4) is 0 Å². The third kappa shape index (κ3) is 2.18. The van der Waals surface area contributed by atoms with E-state index in [1.807, 2.05) is 49.4 Å². The summed E-state index contributed by atoms with van der Waals surface area (Å²) in [5.41, 5.74) is 9.48. The molecule has 3 rings (SSSR count). The molecule has 0 radical (unpaired) electrons. The predicted molar refractivity (Wildman–Crippen MR) is 81.4 cm³/mol. The molecular formula is C14H12BrN5. The van der Waals surface area contributed by atoms with Crippen molar-refractivity contribution in [1.29, 1.82) is 0 Å². The van der Waals surface area contributed by atoms with Crippen LogP contribution in [0.2, 0.25) is 0 Å². The lowest BCUT2D eigenvalue weighted by Crippen LogP contribution is -2.02. The Labute approximate surface area is 124 Å². The number of nitrogens with zero attached hydrogens (tertiary/aromatic N) is 4. The van der Waals surface area contributed by atoms with Crippen LogP contribution < -0.4 is 5.73 Å². The highest BCUT2D eigenvalue weighted by Gasteiger charge is 2.13. The Morgan fingerprint density at radius 1 is 1.15 bits per heavy atom. The summed E-state index contributed by atoms with van der Waals surface area (Å²) in [6, 6.07) is 13.5. The minimum Gasteiger partial charge on any atom is -0.398 e. The lowest BCUT2D eigenvalue weighted by molar-refractivity contribution is 0.790. The van der Waals surface area contributed by atoms with E-state index in [0.29, 0.717) is 11.5 Å². The van der Waals surface area contributed by atoms with E-state index in [1.54, 1.807) is 4.68 Å². The van der Waals surface area contributed by atoms with Gasteiger partial charge >= 0.3 is 0 Å². The third-order valence-electron chi connectivity index (χ3n) is 3.06. The molecule has 0 atom stereocenters. The molecule has 0 amide bonds. The molecule has 100 valence electrons. The first-order chi connectivity index (χ1) is 9.66. The van der Waals surface area contributed by atoms with Crippen LogP contribution >= 0.6 is 15.9 Å². The average Bonchev–Trinajstić information content (AvgIpc) is 2.91. The van der Waals surface area contributed by atoms with Crippen LogP contribution in [0.4, 0.5) is 5.69 Å². The summed E-state index contributed by atoms with van der Waals surface area (Å²) >= 11 is 3.49. The van der Waals surface area contributed by atoms with E-state index in [0.717, 1.165) is 21.3 Å². The number of nitrogen functional groups attached to an aromatic ring is 1. The number of hydrogen-bond acceptors (Lipinski definition) is 4. The number of aryl methyl sites for hydroxylation is 1. The highest BCUT2D eigenvalue weighted by atomic mass is 79.9. The van der Waals surface area contributed by atoms with Crippen molar-refractivity contribution in [2.24, 2.45) is 0 Å². The molecule has 20 heavy (non-hydrogen) atoms. The molecule has 0 saturated heterocycles. The minimum absolute atomic E-state index is 0.629. The molecule has 0 bridgehead atoms. The highest BCUT2D eigenvalue weighted by Crippen LogP contribution is 2.26. The number of rotatable bonds is 2. The Kier molecular flexibility index (Phi) is 3.23. The molecule has 5 nitrogen and oxygen atoms in total. The SMILES string of the molecule is Cc1cc(-n2nnnc2-c2ccccc2N)ccc1Br. The highest BCUT2D eigenvalue weighted by molar-refractivity contribution is 9.10. The number of anilines is 1. The van der Waals surface area contributed by atoms with Crippen molar-refractivity contribution in [3.8, 4) is 17.1 Å². The number of hydrogen-bond donors (Lipinski definition) is 1. The summed E-state index contributed by atoms with van der Waals surface area (Å²) in [4.78, 5) is 0. The molecule has 0 aliphatic carbocycles. The van der Waals surface area contributed by atoms with Gasteiger partial charge in [0.15, 0.2) is 5.82 Å². The maximum Gasteiger partial charge on any atom is 0.189 e. The van der Waals surface area contributed by atoms with Gasteiger partial charge in [0.1, 0.15) is 0 Å². The second-order valence-electron chi connectivity index (χ2n) is 4.44. The first-order valence-corrected chi connectivity index (χ1v) is 6.86. The van der Waals surface area contributed by atoms with Gasteiger partial charge in [0.2, 0.25) is 0 Å². The first kappa shape index (κ1) is 12.8. The Morgan fingerprint density at radius 2 is 1.95 bits per heavy atom. The van der Waals surface area contributed by atoms with Crippen LogP contribution in [-0.2, 0) is 0 Å². The van der Waals surface area contributed by atoms with Gasteiger partial charge in [0, 0.05) is 15.7 Å². The molecule has 6 heteroatoms. The Bertz CT molecular complexity index is 766. The monoisotopic (exact) mass is 329 g/mol. The standard InChI is InChI=1S/C14H12BrN5/c1-9-8-10(6-7-12(9)15)20-14(17-18-19-20)11-4-2-3-5-13(11)16/h2-8H,16H2,1H3. The molecule has 0 saturated carbocycles. The molecule has 2 N–H and O–H groups in total. The number of para-hydroxylation sites is 1. The average molecular weight is 330 g/mol. The molecule has 0 spiro atoms. The molecule has 1 heterocycles. The van der Waals surface area contributed by atoms with Crippen molar-refractivity contribution < 1.29 is 0 Å². The maximum absolute atomic E-state index is 6.00. The van der Waals surface area contributed by atoms with Crippen LogP contribution in [-0.4, -0.2) is 20.2 Å². The van der Waals surface area contributed by atoms with E-state index < -0.39 is 0 Å².